The lowest BCUT2D eigenvalue weighted by atomic mass is 9.95. The van der Waals surface area contributed by atoms with Crippen molar-refractivity contribution >= 4 is 65.2 Å². The molecule has 268 valence electrons. The maximum Gasteiger partial charge on any atom is 0.238 e. The molecule has 0 amide bonds. The molecule has 0 atom stereocenters. The second kappa shape index (κ2) is 11.8. The SMILES string of the molecule is c1ccc(-c2nc(-c3cc4ccccc4cc3-c3ccccc3)nc(-n3c4cccc5c4c4c6c(ccc7c6c6c-5cccc6n7-c5ccccc5)ccc43)n2)cc1. The molecule has 0 bridgehead atoms. The van der Waals surface area contributed by atoms with Crippen LogP contribution in [0.4, 0.5) is 0 Å². The van der Waals surface area contributed by atoms with Crippen molar-refractivity contribution in [3.8, 4) is 56.7 Å². The third kappa shape index (κ3) is 4.33. The summed E-state index contributed by atoms with van der Waals surface area (Å²) >= 11 is 0. The molecule has 5 nitrogen and oxygen atoms in total. The first-order chi connectivity index (χ1) is 28.8. The molecule has 3 heterocycles. The van der Waals surface area contributed by atoms with Crippen molar-refractivity contribution in [1.82, 2.24) is 24.1 Å². The summed E-state index contributed by atoms with van der Waals surface area (Å²) in [4.78, 5) is 16.1. The van der Waals surface area contributed by atoms with E-state index in [4.69, 9.17) is 15.0 Å². The number of hydrogen-bond donors (Lipinski definition) is 0. The van der Waals surface area contributed by atoms with E-state index in [2.05, 4.69) is 179 Å². The molecular formula is C53H31N5. The van der Waals surface area contributed by atoms with Gasteiger partial charge in [0.15, 0.2) is 11.6 Å². The van der Waals surface area contributed by atoms with E-state index in [1.54, 1.807) is 0 Å². The van der Waals surface area contributed by atoms with Crippen molar-refractivity contribution in [1.29, 1.82) is 0 Å². The van der Waals surface area contributed by atoms with Crippen LogP contribution in [0.3, 0.4) is 0 Å². The quantitative estimate of drug-likeness (QED) is 0.177. The lowest BCUT2D eigenvalue weighted by molar-refractivity contribution is 0.954. The summed E-state index contributed by atoms with van der Waals surface area (Å²) in [7, 11) is 0. The zero-order valence-corrected chi connectivity index (χ0v) is 31.1. The highest BCUT2D eigenvalue weighted by atomic mass is 15.2. The highest BCUT2D eigenvalue weighted by molar-refractivity contribution is 6.38. The normalized spacial score (nSPS) is 12.1. The van der Waals surface area contributed by atoms with Crippen LogP contribution in [0.2, 0.25) is 0 Å². The molecule has 0 spiro atoms. The van der Waals surface area contributed by atoms with Gasteiger partial charge in [-0.25, -0.2) is 4.98 Å². The van der Waals surface area contributed by atoms with Gasteiger partial charge in [0, 0.05) is 43.7 Å². The average molecular weight is 738 g/mol. The molecule has 0 saturated carbocycles. The fourth-order valence-corrected chi connectivity index (χ4v) is 9.62. The van der Waals surface area contributed by atoms with Crippen LogP contribution in [0.5, 0.6) is 0 Å². The van der Waals surface area contributed by atoms with Gasteiger partial charge in [-0.05, 0) is 86.9 Å². The fourth-order valence-electron chi connectivity index (χ4n) is 9.62. The third-order valence-electron chi connectivity index (χ3n) is 12.1. The van der Waals surface area contributed by atoms with Gasteiger partial charge < -0.3 is 4.57 Å². The predicted molar refractivity (Wildman–Crippen MR) is 239 cm³/mol. The van der Waals surface area contributed by atoms with Gasteiger partial charge in [0.1, 0.15) is 0 Å². The lowest BCUT2D eigenvalue weighted by Gasteiger charge is -2.15. The first kappa shape index (κ1) is 31.3. The van der Waals surface area contributed by atoms with Gasteiger partial charge in [-0.3, -0.25) is 4.57 Å². The van der Waals surface area contributed by atoms with Gasteiger partial charge in [-0.1, -0.05) is 140 Å². The Kier molecular flexibility index (Phi) is 6.38. The maximum atomic E-state index is 5.47. The summed E-state index contributed by atoms with van der Waals surface area (Å²) in [6, 6.07) is 67.1. The molecule has 9 aromatic carbocycles. The molecule has 0 fully saturated rings. The standard InChI is InChI=1S/C53H31N5/c1-4-14-32(15-5-1)40-30-35-18-10-11-19-36(35)31-41(40)52-54-51(34-16-6-2-7-17-34)55-53(56-52)58-43-25-13-23-39-38-22-12-24-42-47(38)49-44(57(42)37-20-8-3-9-21-37)28-26-33-27-29-45(58)50(46(33)49)48(39)43/h1-31H. The number of aromatic nitrogens is 5. The van der Waals surface area contributed by atoms with Crippen LogP contribution in [0, 0.1) is 0 Å². The second-order valence-corrected chi connectivity index (χ2v) is 15.2. The molecule has 12 aromatic rings. The minimum absolute atomic E-state index is 0.584. The van der Waals surface area contributed by atoms with Crippen LogP contribution in [-0.2, 0) is 0 Å². The molecule has 5 heteroatoms. The van der Waals surface area contributed by atoms with E-state index in [0.29, 0.717) is 17.6 Å². The molecule has 58 heavy (non-hydrogen) atoms. The molecule has 1 aliphatic rings. The second-order valence-electron chi connectivity index (χ2n) is 15.2. The monoisotopic (exact) mass is 737 g/mol. The Labute approximate surface area is 332 Å². The highest BCUT2D eigenvalue weighted by Crippen LogP contribution is 2.51. The molecule has 0 N–H and O–H groups in total. The predicted octanol–water partition coefficient (Wildman–Crippen LogP) is 13.4. The zero-order chi connectivity index (χ0) is 37.9. The number of nitrogens with zero attached hydrogens (tertiary/aromatic N) is 5. The minimum Gasteiger partial charge on any atom is -0.309 e. The third-order valence-corrected chi connectivity index (χ3v) is 12.1. The van der Waals surface area contributed by atoms with Gasteiger partial charge in [-0.15, -0.1) is 0 Å². The van der Waals surface area contributed by atoms with Gasteiger partial charge in [0.25, 0.3) is 0 Å². The fraction of sp³-hybridized carbons (Fsp3) is 0. The van der Waals surface area contributed by atoms with Crippen LogP contribution in [0.1, 0.15) is 0 Å². The van der Waals surface area contributed by atoms with Crippen molar-refractivity contribution < 1.29 is 0 Å². The van der Waals surface area contributed by atoms with Crippen molar-refractivity contribution in [2.75, 3.05) is 0 Å². The summed E-state index contributed by atoms with van der Waals surface area (Å²) in [5.74, 6) is 1.84. The Morgan fingerprint density at radius 3 is 1.47 bits per heavy atom. The Balaban J connectivity index is 1.17. The molecule has 0 unspecified atom stereocenters. The van der Waals surface area contributed by atoms with Crippen LogP contribution in [-0.4, -0.2) is 24.1 Å². The highest BCUT2D eigenvalue weighted by Gasteiger charge is 2.28. The van der Waals surface area contributed by atoms with E-state index in [-0.39, 0.29) is 0 Å². The van der Waals surface area contributed by atoms with Crippen LogP contribution < -0.4 is 0 Å². The molecule has 0 radical (unpaired) electrons. The Hall–Kier alpha value is -7.89. The van der Waals surface area contributed by atoms with E-state index in [1.165, 1.54) is 59.9 Å². The molecule has 3 aromatic heterocycles. The van der Waals surface area contributed by atoms with E-state index in [1.807, 2.05) is 18.2 Å². The van der Waals surface area contributed by atoms with Gasteiger partial charge in [-0.2, -0.15) is 9.97 Å². The summed E-state index contributed by atoms with van der Waals surface area (Å²) in [5.41, 5.74) is 12.2. The van der Waals surface area contributed by atoms with Crippen molar-refractivity contribution in [3.05, 3.63) is 188 Å². The zero-order valence-electron chi connectivity index (χ0n) is 31.1. The smallest absolute Gasteiger partial charge is 0.238 e. The summed E-state index contributed by atoms with van der Waals surface area (Å²) in [5, 5.41) is 9.76. The summed E-state index contributed by atoms with van der Waals surface area (Å²) in [6.45, 7) is 0. The number of rotatable bonds is 5. The molecule has 0 saturated heterocycles. The molecular weight excluding hydrogens is 707 g/mol. The van der Waals surface area contributed by atoms with Crippen LogP contribution in [0.15, 0.2) is 188 Å². The van der Waals surface area contributed by atoms with E-state index < -0.39 is 0 Å². The molecule has 13 rings (SSSR count). The van der Waals surface area contributed by atoms with E-state index in [9.17, 15) is 0 Å². The minimum atomic E-state index is 0.584. The molecule has 0 aliphatic heterocycles. The Morgan fingerprint density at radius 2 is 0.810 bits per heavy atom. The number of fused-ring (bicyclic) bond motifs is 2. The van der Waals surface area contributed by atoms with Crippen LogP contribution in [0.25, 0.3) is 122 Å². The average Bonchev–Trinajstić information content (AvgIpc) is 3.78. The first-order valence-corrected chi connectivity index (χ1v) is 19.7. The first-order valence-electron chi connectivity index (χ1n) is 19.7. The Morgan fingerprint density at radius 1 is 0.293 bits per heavy atom. The van der Waals surface area contributed by atoms with Gasteiger partial charge in [0.05, 0.1) is 22.1 Å². The maximum absolute atomic E-state index is 5.47. The van der Waals surface area contributed by atoms with E-state index >= 15 is 0 Å². The van der Waals surface area contributed by atoms with Gasteiger partial charge in [0.2, 0.25) is 5.95 Å². The van der Waals surface area contributed by atoms with Crippen molar-refractivity contribution in [2.45, 2.75) is 0 Å². The molecule has 1 aliphatic carbocycles. The largest absolute Gasteiger partial charge is 0.309 e. The number of benzene rings is 9. The Bertz CT molecular complexity index is 3660. The van der Waals surface area contributed by atoms with Crippen LogP contribution >= 0.6 is 0 Å². The van der Waals surface area contributed by atoms with E-state index in [0.717, 1.165) is 44.4 Å². The summed E-state index contributed by atoms with van der Waals surface area (Å²) in [6.07, 6.45) is 0. The van der Waals surface area contributed by atoms with Gasteiger partial charge >= 0.3 is 0 Å². The number of hydrogen-bond acceptors (Lipinski definition) is 3. The van der Waals surface area contributed by atoms with Crippen molar-refractivity contribution in [3.63, 3.8) is 0 Å². The lowest BCUT2D eigenvalue weighted by Crippen LogP contribution is -2.07. The van der Waals surface area contributed by atoms with Crippen molar-refractivity contribution in [2.24, 2.45) is 0 Å². The number of para-hydroxylation sites is 1. The summed E-state index contributed by atoms with van der Waals surface area (Å²) < 4.78 is 4.69. The topological polar surface area (TPSA) is 48.5 Å².